The summed E-state index contributed by atoms with van der Waals surface area (Å²) in [7, 11) is 6.62. The third-order valence-corrected chi connectivity index (χ3v) is 7.80. The van der Waals surface area contributed by atoms with Gasteiger partial charge in [-0.1, -0.05) is 127 Å². The fraction of sp³-hybridized carbons (Fsp3) is 0.727. The fourth-order valence-electron chi connectivity index (χ4n) is 5.43. The molecule has 0 bridgehead atoms. The summed E-state index contributed by atoms with van der Waals surface area (Å²) in [5, 5.41) is 0. The summed E-state index contributed by atoms with van der Waals surface area (Å²) in [6.45, 7) is 9.72. The molecule has 37 heavy (non-hydrogen) atoms. The van der Waals surface area contributed by atoms with Gasteiger partial charge in [0.25, 0.3) is 0 Å². The highest BCUT2D eigenvalue weighted by molar-refractivity contribution is 5.91. The molecule has 3 nitrogen and oxygen atoms in total. The Labute approximate surface area is 237 Å². The lowest BCUT2D eigenvalue weighted by Gasteiger charge is -2.39. The standard InChI is InChI=1S/C33H59N2O.ClH/c1-7-8-9-10-11-12-13-14-15-16-17-18-19-23-27-32(31-25-21-20-22-26-31)35(5,6)29-24-28-34(4)33(36)30(2)3;/h20-22,25-26,32H,2,7-19,23-24,27-29H2,1,3-6H3;1H/q+1;/p-1. The molecule has 0 spiro atoms. The van der Waals surface area contributed by atoms with Crippen LogP contribution in [0.3, 0.4) is 0 Å². The Kier molecular flexibility index (Phi) is 20.8. The smallest absolute Gasteiger partial charge is 0.248 e. The van der Waals surface area contributed by atoms with Gasteiger partial charge < -0.3 is 21.8 Å². The molecule has 214 valence electrons. The van der Waals surface area contributed by atoms with Crippen molar-refractivity contribution in [3.63, 3.8) is 0 Å². The van der Waals surface area contributed by atoms with Crippen molar-refractivity contribution >= 4 is 5.91 Å². The topological polar surface area (TPSA) is 20.3 Å². The van der Waals surface area contributed by atoms with Crippen LogP contribution in [-0.2, 0) is 4.79 Å². The average Bonchev–Trinajstić information content (AvgIpc) is 2.86. The summed E-state index contributed by atoms with van der Waals surface area (Å²) in [6, 6.07) is 11.6. The van der Waals surface area contributed by atoms with Gasteiger partial charge in [-0.2, -0.15) is 0 Å². The summed E-state index contributed by atoms with van der Waals surface area (Å²) in [5.41, 5.74) is 2.06. The van der Waals surface area contributed by atoms with Gasteiger partial charge in [-0.25, -0.2) is 0 Å². The van der Waals surface area contributed by atoms with E-state index >= 15 is 0 Å². The lowest BCUT2D eigenvalue weighted by Crippen LogP contribution is -3.00. The minimum Gasteiger partial charge on any atom is -1.00 e. The largest absolute Gasteiger partial charge is 1.00 e. The van der Waals surface area contributed by atoms with E-state index in [9.17, 15) is 4.79 Å². The Balaban J connectivity index is 0.0000130. The molecule has 0 saturated carbocycles. The van der Waals surface area contributed by atoms with Gasteiger partial charge in [0, 0.05) is 37.6 Å². The van der Waals surface area contributed by atoms with E-state index in [1.54, 1.807) is 6.92 Å². The summed E-state index contributed by atoms with van der Waals surface area (Å²) >= 11 is 0. The first-order valence-corrected chi connectivity index (χ1v) is 15.1. The van der Waals surface area contributed by atoms with Crippen molar-refractivity contribution in [1.82, 2.24) is 4.90 Å². The molecule has 0 aliphatic carbocycles. The molecule has 0 saturated heterocycles. The van der Waals surface area contributed by atoms with Crippen molar-refractivity contribution < 1.29 is 21.7 Å². The number of hydrogen-bond acceptors (Lipinski definition) is 1. The molecule has 1 aromatic carbocycles. The van der Waals surface area contributed by atoms with Crippen LogP contribution in [0.4, 0.5) is 0 Å². The first-order valence-electron chi connectivity index (χ1n) is 15.1. The van der Waals surface area contributed by atoms with Crippen LogP contribution < -0.4 is 12.4 Å². The molecule has 0 fully saturated rings. The molecule has 1 rings (SSSR count). The summed E-state index contributed by atoms with van der Waals surface area (Å²) < 4.78 is 0.970. The molecule has 0 aromatic heterocycles. The summed E-state index contributed by atoms with van der Waals surface area (Å²) in [5.74, 6) is 0.0577. The molecular weight excluding hydrogens is 476 g/mol. The number of likely N-dealkylation sites (N-methyl/N-ethyl adjacent to an activating group) is 1. The molecule has 0 heterocycles. The predicted molar refractivity (Wildman–Crippen MR) is 158 cm³/mol. The zero-order chi connectivity index (χ0) is 26.7. The van der Waals surface area contributed by atoms with Gasteiger partial charge >= 0.3 is 0 Å². The van der Waals surface area contributed by atoms with E-state index in [0.717, 1.165) is 24.0 Å². The van der Waals surface area contributed by atoms with Gasteiger partial charge in [0.2, 0.25) is 5.91 Å². The number of rotatable bonds is 22. The van der Waals surface area contributed by atoms with E-state index in [0.29, 0.717) is 11.6 Å². The maximum absolute atomic E-state index is 12.1. The van der Waals surface area contributed by atoms with Crippen molar-refractivity contribution in [1.29, 1.82) is 0 Å². The third kappa shape index (κ3) is 16.3. The molecule has 1 amide bonds. The number of unbranched alkanes of at least 4 members (excludes halogenated alkanes) is 13. The molecule has 1 atom stereocenters. The minimum atomic E-state index is 0. The van der Waals surface area contributed by atoms with Crippen molar-refractivity contribution in [2.24, 2.45) is 0 Å². The van der Waals surface area contributed by atoms with Crippen molar-refractivity contribution in [3.8, 4) is 0 Å². The molecule has 1 aromatic rings. The second-order valence-electron chi connectivity index (χ2n) is 11.7. The minimum absolute atomic E-state index is 0. The number of carbonyl (C=O) groups is 1. The Morgan fingerprint density at radius 2 is 1.27 bits per heavy atom. The van der Waals surface area contributed by atoms with Gasteiger partial charge in [0.15, 0.2) is 0 Å². The van der Waals surface area contributed by atoms with E-state index < -0.39 is 0 Å². The number of nitrogens with zero attached hydrogens (tertiary/aromatic N) is 2. The molecule has 0 aliphatic heterocycles. The van der Waals surface area contributed by atoms with Crippen LogP contribution in [0.5, 0.6) is 0 Å². The zero-order valence-electron chi connectivity index (χ0n) is 25.1. The number of carbonyl (C=O) groups excluding carboxylic acids is 1. The number of benzene rings is 1. The third-order valence-electron chi connectivity index (χ3n) is 7.80. The van der Waals surface area contributed by atoms with Gasteiger partial charge in [0.1, 0.15) is 6.04 Å². The van der Waals surface area contributed by atoms with E-state index in [4.69, 9.17) is 0 Å². The monoisotopic (exact) mass is 534 g/mol. The zero-order valence-corrected chi connectivity index (χ0v) is 25.8. The van der Waals surface area contributed by atoms with Gasteiger partial charge in [-0.05, 0) is 13.3 Å². The highest BCUT2D eigenvalue weighted by Gasteiger charge is 2.29. The van der Waals surface area contributed by atoms with Crippen molar-refractivity contribution in [2.75, 3.05) is 34.2 Å². The number of amides is 1. The number of quaternary nitrogens is 1. The van der Waals surface area contributed by atoms with Crippen molar-refractivity contribution in [2.45, 2.75) is 123 Å². The van der Waals surface area contributed by atoms with Crippen LogP contribution in [0.1, 0.15) is 128 Å². The number of halogens is 1. The Hall–Kier alpha value is -1.32. The molecule has 1 unspecified atom stereocenters. The molecule has 0 radical (unpaired) electrons. The first kappa shape index (κ1) is 35.7. The van der Waals surface area contributed by atoms with Gasteiger partial charge in [-0.3, -0.25) is 4.79 Å². The Morgan fingerprint density at radius 3 is 1.73 bits per heavy atom. The van der Waals surface area contributed by atoms with E-state index in [1.165, 1.54) is 102 Å². The second kappa shape index (κ2) is 21.6. The first-order chi connectivity index (χ1) is 17.3. The van der Waals surface area contributed by atoms with Crippen LogP contribution in [0, 0.1) is 0 Å². The summed E-state index contributed by atoms with van der Waals surface area (Å²) in [6.07, 6.45) is 21.9. The molecule has 0 aliphatic rings. The normalized spacial score (nSPS) is 12.1. The molecular formula is C33H59ClN2O. The maximum atomic E-state index is 12.1. The van der Waals surface area contributed by atoms with Gasteiger partial charge in [0.05, 0.1) is 20.6 Å². The lowest BCUT2D eigenvalue weighted by molar-refractivity contribution is -0.921. The van der Waals surface area contributed by atoms with Gasteiger partial charge in [-0.15, -0.1) is 0 Å². The molecule has 4 heteroatoms. The maximum Gasteiger partial charge on any atom is 0.248 e. The molecule has 0 N–H and O–H groups in total. The fourth-order valence-corrected chi connectivity index (χ4v) is 5.43. The van der Waals surface area contributed by atoms with Crippen LogP contribution in [0.25, 0.3) is 0 Å². The second-order valence-corrected chi connectivity index (χ2v) is 11.7. The average molecular weight is 535 g/mol. The number of hydrogen-bond donors (Lipinski definition) is 0. The Bertz CT molecular complexity index is 704. The SMILES string of the molecule is C=C(C)C(=O)N(C)CCC[N+](C)(C)C(CCCCCCCCCCCCCCCC)c1ccccc1.[Cl-]. The van der Waals surface area contributed by atoms with E-state index in [1.807, 2.05) is 11.9 Å². The predicted octanol–water partition coefficient (Wildman–Crippen LogP) is 6.10. The van der Waals surface area contributed by atoms with E-state index in [-0.39, 0.29) is 18.3 Å². The van der Waals surface area contributed by atoms with Crippen LogP contribution in [0.2, 0.25) is 0 Å². The highest BCUT2D eigenvalue weighted by Crippen LogP contribution is 2.31. The lowest BCUT2D eigenvalue weighted by atomic mass is 9.96. The van der Waals surface area contributed by atoms with Crippen LogP contribution >= 0.6 is 0 Å². The van der Waals surface area contributed by atoms with Crippen LogP contribution in [-0.4, -0.2) is 49.5 Å². The van der Waals surface area contributed by atoms with Crippen molar-refractivity contribution in [3.05, 3.63) is 48.0 Å². The summed E-state index contributed by atoms with van der Waals surface area (Å²) in [4.78, 5) is 13.9. The Morgan fingerprint density at radius 1 is 0.811 bits per heavy atom. The highest BCUT2D eigenvalue weighted by atomic mass is 35.5. The van der Waals surface area contributed by atoms with Crippen LogP contribution in [0.15, 0.2) is 42.5 Å². The van der Waals surface area contributed by atoms with E-state index in [2.05, 4.69) is 57.9 Å². The quantitative estimate of drug-likeness (QED) is 0.0999.